The summed E-state index contributed by atoms with van der Waals surface area (Å²) in [5.74, 6) is 0. The maximum Gasteiger partial charge on any atom is 0.146 e. The van der Waals surface area contributed by atoms with Crippen LogP contribution in [0, 0.1) is 5.41 Å². The van der Waals surface area contributed by atoms with Gasteiger partial charge in [0.25, 0.3) is 0 Å². The van der Waals surface area contributed by atoms with Gasteiger partial charge < -0.3 is 14.2 Å². The Balaban J connectivity index is 1.66. The molecule has 0 unspecified atom stereocenters. The summed E-state index contributed by atoms with van der Waals surface area (Å²) in [6.45, 7) is 0.718. The van der Waals surface area contributed by atoms with Gasteiger partial charge in [-0.05, 0) is 36.8 Å². The van der Waals surface area contributed by atoms with Crippen LogP contribution in [0.4, 0.5) is 0 Å². The van der Waals surface area contributed by atoms with E-state index in [4.69, 9.17) is 10.4 Å². The van der Waals surface area contributed by atoms with Crippen molar-refractivity contribution in [3.63, 3.8) is 0 Å². The minimum Gasteiger partial charge on any atom is -0.393 e. The zero-order valence-electron chi connectivity index (χ0n) is 16.9. The molecule has 5 rings (SSSR count). The minimum absolute atomic E-state index is 0.209. The highest BCUT2D eigenvalue weighted by Crippen LogP contribution is 2.31. The van der Waals surface area contributed by atoms with Crippen LogP contribution in [0.3, 0.4) is 0 Å². The van der Waals surface area contributed by atoms with Crippen LogP contribution >= 0.6 is 0 Å². The Bertz CT molecular complexity index is 1200. The number of hydrogen-bond acceptors (Lipinski definition) is 3. The van der Waals surface area contributed by atoms with Gasteiger partial charge in [0.05, 0.1) is 17.8 Å². The van der Waals surface area contributed by atoms with Gasteiger partial charge in [-0.3, -0.25) is 5.41 Å². The Morgan fingerprint density at radius 3 is 2.30 bits per heavy atom. The van der Waals surface area contributed by atoms with E-state index in [1.165, 1.54) is 5.56 Å². The van der Waals surface area contributed by atoms with Gasteiger partial charge in [0.15, 0.2) is 0 Å². The summed E-state index contributed by atoms with van der Waals surface area (Å²) < 4.78 is 4.16. The molecule has 2 aromatic carbocycles. The maximum absolute atomic E-state index is 9.88. The molecule has 0 radical (unpaired) electrons. The quantitative estimate of drug-likeness (QED) is 0.531. The highest BCUT2D eigenvalue weighted by molar-refractivity contribution is 5.93. The predicted molar refractivity (Wildman–Crippen MR) is 118 cm³/mol. The fourth-order valence-corrected chi connectivity index (χ4v) is 4.57. The first kappa shape index (κ1) is 18.8. The standard InChI is InChI=1S/C25H26N4O/c26-24-23-22(19-9-5-2-6-10-19)16-28(15-18-7-3-1-4-8-18)25(23)27-17-29(24)20-11-13-21(30)14-12-20/h1-10,16-17,20-21,26,30H,11-15H2/t20-,21-. The van der Waals surface area contributed by atoms with Crippen molar-refractivity contribution in [2.45, 2.75) is 44.4 Å². The molecule has 30 heavy (non-hydrogen) atoms. The molecule has 2 aromatic heterocycles. The summed E-state index contributed by atoms with van der Waals surface area (Å²) in [6, 6.07) is 20.8. The highest BCUT2D eigenvalue weighted by atomic mass is 16.3. The average Bonchev–Trinajstić information content (AvgIpc) is 3.15. The second-order valence-corrected chi connectivity index (χ2v) is 8.18. The molecule has 152 valence electrons. The number of benzene rings is 2. The van der Waals surface area contributed by atoms with Crippen molar-refractivity contribution in [2.24, 2.45) is 0 Å². The molecule has 0 aliphatic heterocycles. The lowest BCUT2D eigenvalue weighted by Gasteiger charge is -2.27. The molecule has 0 bridgehead atoms. The Kier molecular flexibility index (Phi) is 4.97. The molecular formula is C25H26N4O. The van der Waals surface area contributed by atoms with E-state index in [1.807, 2.05) is 47.3 Å². The van der Waals surface area contributed by atoms with Crippen molar-refractivity contribution in [3.8, 4) is 11.1 Å². The summed E-state index contributed by atoms with van der Waals surface area (Å²) >= 11 is 0. The number of nitrogens with zero attached hydrogens (tertiary/aromatic N) is 3. The summed E-state index contributed by atoms with van der Waals surface area (Å²) in [4.78, 5) is 4.82. The summed E-state index contributed by atoms with van der Waals surface area (Å²) in [6.07, 6.45) is 7.09. The molecule has 1 aliphatic rings. The third-order valence-electron chi connectivity index (χ3n) is 6.19. The molecule has 1 fully saturated rings. The molecule has 5 heteroatoms. The van der Waals surface area contributed by atoms with Crippen LogP contribution in [0.15, 0.2) is 73.2 Å². The molecule has 4 aromatic rings. The van der Waals surface area contributed by atoms with Gasteiger partial charge in [-0.2, -0.15) is 0 Å². The lowest BCUT2D eigenvalue weighted by molar-refractivity contribution is 0.109. The SMILES string of the molecule is N=c1c2c(-c3ccccc3)cn(Cc3ccccc3)c2ncn1[C@H]1CC[C@H](O)CC1. The largest absolute Gasteiger partial charge is 0.393 e. The zero-order chi connectivity index (χ0) is 20.5. The summed E-state index contributed by atoms with van der Waals surface area (Å²) in [5.41, 5.74) is 4.70. The van der Waals surface area contributed by atoms with E-state index in [9.17, 15) is 5.11 Å². The second-order valence-electron chi connectivity index (χ2n) is 8.18. The van der Waals surface area contributed by atoms with E-state index in [-0.39, 0.29) is 12.1 Å². The lowest BCUT2D eigenvalue weighted by Crippen LogP contribution is -2.29. The van der Waals surface area contributed by atoms with Crippen molar-refractivity contribution in [2.75, 3.05) is 0 Å². The van der Waals surface area contributed by atoms with Crippen LogP contribution in [-0.2, 0) is 6.54 Å². The molecule has 0 saturated heterocycles. The van der Waals surface area contributed by atoms with Gasteiger partial charge in [0.1, 0.15) is 11.1 Å². The fourth-order valence-electron chi connectivity index (χ4n) is 4.57. The Hall–Kier alpha value is -3.18. The van der Waals surface area contributed by atoms with Crippen LogP contribution in [-0.4, -0.2) is 25.3 Å². The summed E-state index contributed by atoms with van der Waals surface area (Å²) in [7, 11) is 0. The van der Waals surface area contributed by atoms with Gasteiger partial charge in [-0.25, -0.2) is 4.98 Å². The number of aliphatic hydroxyl groups excluding tert-OH is 1. The van der Waals surface area contributed by atoms with Gasteiger partial charge in [-0.15, -0.1) is 0 Å². The van der Waals surface area contributed by atoms with Crippen LogP contribution in [0.25, 0.3) is 22.2 Å². The van der Waals surface area contributed by atoms with E-state index >= 15 is 0 Å². The summed E-state index contributed by atoms with van der Waals surface area (Å²) in [5, 5.41) is 19.8. The molecule has 0 atom stereocenters. The Labute approximate surface area is 175 Å². The van der Waals surface area contributed by atoms with E-state index < -0.39 is 0 Å². The van der Waals surface area contributed by atoms with Gasteiger partial charge in [0.2, 0.25) is 0 Å². The van der Waals surface area contributed by atoms with Crippen molar-refractivity contribution < 1.29 is 5.11 Å². The number of nitrogens with one attached hydrogen (secondary N) is 1. The fraction of sp³-hybridized carbons (Fsp3) is 0.280. The van der Waals surface area contributed by atoms with E-state index in [1.54, 1.807) is 0 Å². The van der Waals surface area contributed by atoms with Crippen molar-refractivity contribution >= 4 is 11.0 Å². The molecule has 1 saturated carbocycles. The van der Waals surface area contributed by atoms with Gasteiger partial charge in [0, 0.05) is 24.3 Å². The number of aliphatic hydroxyl groups is 1. The monoisotopic (exact) mass is 398 g/mol. The predicted octanol–water partition coefficient (Wildman–Crippen LogP) is 4.51. The third kappa shape index (κ3) is 3.46. The molecule has 0 amide bonds. The van der Waals surface area contributed by atoms with Crippen LogP contribution in [0.1, 0.15) is 37.3 Å². The highest BCUT2D eigenvalue weighted by Gasteiger charge is 2.23. The average molecular weight is 399 g/mol. The van der Waals surface area contributed by atoms with E-state index in [0.29, 0.717) is 5.49 Å². The van der Waals surface area contributed by atoms with Crippen LogP contribution < -0.4 is 5.49 Å². The molecule has 2 N–H and O–H groups in total. The number of fused-ring (bicyclic) bond motifs is 1. The van der Waals surface area contributed by atoms with Gasteiger partial charge in [-0.1, -0.05) is 60.7 Å². The second kappa shape index (κ2) is 7.92. The lowest BCUT2D eigenvalue weighted by atomic mass is 9.93. The molecular weight excluding hydrogens is 372 g/mol. The number of rotatable bonds is 4. The van der Waals surface area contributed by atoms with Gasteiger partial charge >= 0.3 is 0 Å². The van der Waals surface area contributed by atoms with Crippen LogP contribution in [0.5, 0.6) is 0 Å². The van der Waals surface area contributed by atoms with Crippen molar-refractivity contribution in [3.05, 3.63) is 84.2 Å². The van der Waals surface area contributed by atoms with Crippen molar-refractivity contribution in [1.82, 2.24) is 14.1 Å². The first-order valence-electron chi connectivity index (χ1n) is 10.6. The molecule has 0 spiro atoms. The smallest absolute Gasteiger partial charge is 0.146 e. The first-order chi connectivity index (χ1) is 14.7. The molecule has 1 aliphatic carbocycles. The molecule has 2 heterocycles. The third-order valence-corrected chi connectivity index (χ3v) is 6.19. The molecule has 5 nitrogen and oxygen atoms in total. The first-order valence-corrected chi connectivity index (χ1v) is 10.6. The topological polar surface area (TPSA) is 66.8 Å². The Morgan fingerprint density at radius 1 is 0.933 bits per heavy atom. The Morgan fingerprint density at radius 2 is 1.60 bits per heavy atom. The van der Waals surface area contributed by atoms with Crippen molar-refractivity contribution in [1.29, 1.82) is 5.41 Å². The number of aromatic nitrogens is 3. The normalized spacial score (nSPS) is 19.2. The zero-order valence-corrected chi connectivity index (χ0v) is 16.9. The number of hydrogen-bond donors (Lipinski definition) is 2. The minimum atomic E-state index is -0.209. The maximum atomic E-state index is 9.88. The van der Waals surface area contributed by atoms with E-state index in [0.717, 1.165) is 54.4 Å². The van der Waals surface area contributed by atoms with Crippen LogP contribution in [0.2, 0.25) is 0 Å². The van der Waals surface area contributed by atoms with E-state index in [2.05, 4.69) is 35.0 Å².